The molecule has 0 fully saturated rings. The molecule has 0 aliphatic heterocycles. The number of carbonyl (C=O) groups excluding carboxylic acids is 4. The van der Waals surface area contributed by atoms with E-state index in [1.54, 1.807) is 0 Å². The maximum atomic E-state index is 13.1. The fourth-order valence-electron chi connectivity index (χ4n) is 12.8. The van der Waals surface area contributed by atoms with Gasteiger partial charge >= 0.3 is 39.5 Å². The minimum absolute atomic E-state index is 0.107. The Morgan fingerprint density at radius 1 is 0.275 bits per heavy atom. The lowest BCUT2D eigenvalue weighted by Gasteiger charge is -2.21. The van der Waals surface area contributed by atoms with Gasteiger partial charge in [0.25, 0.3) is 0 Å². The van der Waals surface area contributed by atoms with Crippen LogP contribution in [-0.4, -0.2) is 96.7 Å². The second-order valence-corrected chi connectivity index (χ2v) is 34.4. The van der Waals surface area contributed by atoms with Crippen molar-refractivity contribution in [3.8, 4) is 0 Å². The first-order chi connectivity index (χ1) is 49.1. The summed E-state index contributed by atoms with van der Waals surface area (Å²) in [5.74, 6) is 0.961. The fourth-order valence-corrected chi connectivity index (χ4v) is 14.3. The Bertz CT molecular complexity index is 1990. The number of rotatable bonds is 80. The quantitative estimate of drug-likeness (QED) is 0.0222. The molecular weight excluding hydrogens is 1330 g/mol. The van der Waals surface area contributed by atoms with Crippen molar-refractivity contribution in [3.63, 3.8) is 0 Å². The predicted octanol–water partition coefficient (Wildman–Crippen LogP) is 24.8. The molecule has 17 nitrogen and oxygen atoms in total. The van der Waals surface area contributed by atoms with Crippen molar-refractivity contribution in [2.75, 3.05) is 39.6 Å². The Morgan fingerprint density at radius 2 is 0.471 bits per heavy atom. The van der Waals surface area contributed by atoms with Gasteiger partial charge in [-0.15, -0.1) is 0 Å². The van der Waals surface area contributed by atoms with Gasteiger partial charge in [0.05, 0.1) is 26.4 Å². The maximum absolute atomic E-state index is 13.1. The van der Waals surface area contributed by atoms with Crippen LogP contribution in [0.25, 0.3) is 0 Å². The molecule has 0 bridgehead atoms. The number of aliphatic hydroxyl groups is 1. The number of phosphoric ester groups is 2. The normalized spacial score (nSPS) is 14.3. The van der Waals surface area contributed by atoms with Gasteiger partial charge in [-0.1, -0.05) is 376 Å². The molecule has 0 rings (SSSR count). The summed E-state index contributed by atoms with van der Waals surface area (Å²) in [6.45, 7) is 14.2. The highest BCUT2D eigenvalue weighted by Crippen LogP contribution is 2.45. The number of carbonyl (C=O) groups is 4. The lowest BCUT2D eigenvalue weighted by molar-refractivity contribution is -0.161. The lowest BCUT2D eigenvalue weighted by atomic mass is 10.00. The summed E-state index contributed by atoms with van der Waals surface area (Å²) in [6.07, 6.45) is 60.0. The van der Waals surface area contributed by atoms with Crippen LogP contribution in [0.1, 0.15) is 428 Å². The van der Waals surface area contributed by atoms with Crippen LogP contribution in [0.4, 0.5) is 0 Å². The summed E-state index contributed by atoms with van der Waals surface area (Å²) < 4.78 is 68.7. The zero-order valence-corrected chi connectivity index (χ0v) is 69.0. The Labute approximate surface area is 626 Å². The molecule has 0 radical (unpaired) electrons. The van der Waals surface area contributed by atoms with Crippen molar-refractivity contribution < 1.29 is 80.2 Å². The SMILES string of the molecule is CCC(C)CCCCCCCCC(=O)OC[C@H](COP(=O)(O)OCC(O)COP(=O)(O)OC[C@@H](COC(=O)CCCCCCCCCC(C)C)OC(=O)CCCCCCCCCCCCCCCCCCCCC(C)C)OC(=O)CCCCCCCCCCCCCCCCCCCCC(C)C. The van der Waals surface area contributed by atoms with Crippen molar-refractivity contribution >= 4 is 39.5 Å². The Morgan fingerprint density at radius 3 is 0.696 bits per heavy atom. The minimum Gasteiger partial charge on any atom is -0.462 e. The van der Waals surface area contributed by atoms with E-state index in [1.165, 1.54) is 218 Å². The van der Waals surface area contributed by atoms with E-state index in [9.17, 15) is 43.2 Å². The molecule has 0 aliphatic carbocycles. The number of aliphatic hydroxyl groups excluding tert-OH is 1. The van der Waals surface area contributed by atoms with E-state index < -0.39 is 97.5 Å². The van der Waals surface area contributed by atoms with Crippen LogP contribution in [0.5, 0.6) is 0 Å². The monoisotopic (exact) mass is 1490 g/mol. The zero-order chi connectivity index (χ0) is 75.3. The molecule has 102 heavy (non-hydrogen) atoms. The standard InChI is InChI=1S/C83H162O17P2/c1-9-76(8)62-54-46-41-42-48-56-64-81(86)94-70-79(100-83(88)66-58-50-39-33-29-25-21-17-13-11-15-19-23-27-31-36-44-52-60-74(4)5)72-98-102(91,92)96-68-77(84)67-95-101(89,90)97-71-78(69-93-80(85)63-55-47-40-34-37-45-53-61-75(6)7)99-82(87)65-57-49-38-32-28-24-20-16-12-10-14-18-22-26-30-35-43-51-59-73(2)3/h73-79,84H,9-72H2,1-8H3,(H,89,90)(H,91,92)/t76?,77?,78-,79-/m1/s1. The third kappa shape index (κ3) is 74.9. The zero-order valence-electron chi connectivity index (χ0n) is 67.2. The van der Waals surface area contributed by atoms with Gasteiger partial charge in [0.2, 0.25) is 0 Å². The largest absolute Gasteiger partial charge is 0.472 e. The van der Waals surface area contributed by atoms with Crippen LogP contribution in [0, 0.1) is 23.7 Å². The van der Waals surface area contributed by atoms with E-state index in [-0.39, 0.29) is 25.7 Å². The van der Waals surface area contributed by atoms with Crippen molar-refractivity contribution in [2.24, 2.45) is 23.7 Å². The molecule has 606 valence electrons. The first kappa shape index (κ1) is 100. The van der Waals surface area contributed by atoms with Crippen molar-refractivity contribution in [1.82, 2.24) is 0 Å². The van der Waals surface area contributed by atoms with Crippen molar-refractivity contribution in [3.05, 3.63) is 0 Å². The molecular formula is C83H162O17P2. The third-order valence-corrected chi connectivity index (χ3v) is 21.6. The number of esters is 4. The number of unbranched alkanes of at least 4 members (excludes halogenated alkanes) is 45. The summed E-state index contributed by atoms with van der Waals surface area (Å²) in [4.78, 5) is 73.0. The summed E-state index contributed by atoms with van der Waals surface area (Å²) in [5.41, 5.74) is 0. The molecule has 0 saturated carbocycles. The summed E-state index contributed by atoms with van der Waals surface area (Å²) in [7, 11) is -9.92. The van der Waals surface area contributed by atoms with Gasteiger partial charge in [0.15, 0.2) is 12.2 Å². The highest BCUT2D eigenvalue weighted by Gasteiger charge is 2.30. The number of hydrogen-bond acceptors (Lipinski definition) is 15. The highest BCUT2D eigenvalue weighted by atomic mass is 31.2. The molecule has 0 saturated heterocycles. The van der Waals surface area contributed by atoms with Crippen LogP contribution in [0.15, 0.2) is 0 Å². The van der Waals surface area contributed by atoms with Gasteiger partial charge in [0, 0.05) is 25.7 Å². The molecule has 0 aromatic carbocycles. The summed E-state index contributed by atoms with van der Waals surface area (Å²) in [5, 5.41) is 10.6. The highest BCUT2D eigenvalue weighted by molar-refractivity contribution is 7.47. The molecule has 4 unspecified atom stereocenters. The first-order valence-electron chi connectivity index (χ1n) is 42.7. The summed E-state index contributed by atoms with van der Waals surface area (Å²) in [6, 6.07) is 0. The van der Waals surface area contributed by atoms with Gasteiger partial charge in [-0.3, -0.25) is 37.3 Å². The topological polar surface area (TPSA) is 237 Å². The average Bonchev–Trinajstić information content (AvgIpc) is 0.910. The van der Waals surface area contributed by atoms with Gasteiger partial charge in [-0.25, -0.2) is 9.13 Å². The molecule has 0 amide bonds. The summed E-state index contributed by atoms with van der Waals surface area (Å²) >= 11 is 0. The van der Waals surface area contributed by atoms with Crippen molar-refractivity contribution in [1.29, 1.82) is 0 Å². The van der Waals surface area contributed by atoms with Gasteiger partial charge < -0.3 is 33.8 Å². The maximum Gasteiger partial charge on any atom is 0.472 e. The Hall–Kier alpha value is -1.94. The molecule has 0 aromatic heterocycles. The Kier molecular flexibility index (Phi) is 70.6. The molecule has 0 heterocycles. The smallest absolute Gasteiger partial charge is 0.462 e. The molecule has 6 atom stereocenters. The van der Waals surface area contributed by atoms with E-state index >= 15 is 0 Å². The number of phosphoric acid groups is 2. The van der Waals surface area contributed by atoms with Gasteiger partial charge in [-0.05, 0) is 49.4 Å². The third-order valence-electron chi connectivity index (χ3n) is 19.7. The average molecular weight is 1490 g/mol. The van der Waals surface area contributed by atoms with Crippen LogP contribution in [0.3, 0.4) is 0 Å². The number of ether oxygens (including phenoxy) is 4. The predicted molar refractivity (Wildman–Crippen MR) is 418 cm³/mol. The van der Waals surface area contributed by atoms with Crippen molar-refractivity contribution in [2.45, 2.75) is 446 Å². The van der Waals surface area contributed by atoms with Gasteiger partial charge in [-0.2, -0.15) is 0 Å². The van der Waals surface area contributed by atoms with E-state index in [1.807, 2.05) is 0 Å². The van der Waals surface area contributed by atoms with Crippen LogP contribution < -0.4 is 0 Å². The van der Waals surface area contributed by atoms with E-state index in [4.69, 9.17) is 37.0 Å². The number of hydrogen-bond donors (Lipinski definition) is 3. The minimum atomic E-state index is -4.96. The first-order valence-corrected chi connectivity index (χ1v) is 45.7. The lowest BCUT2D eigenvalue weighted by Crippen LogP contribution is -2.30. The van der Waals surface area contributed by atoms with Gasteiger partial charge in [0.1, 0.15) is 19.3 Å². The second-order valence-electron chi connectivity index (χ2n) is 31.5. The Balaban J connectivity index is 5.14. The van der Waals surface area contributed by atoms with E-state index in [2.05, 4.69) is 55.4 Å². The molecule has 19 heteroatoms. The molecule has 0 spiro atoms. The van der Waals surface area contributed by atoms with Crippen LogP contribution in [0.2, 0.25) is 0 Å². The van der Waals surface area contributed by atoms with Crippen LogP contribution in [-0.2, 0) is 65.4 Å². The fraction of sp³-hybridized carbons (Fsp3) is 0.952. The van der Waals surface area contributed by atoms with E-state index in [0.29, 0.717) is 31.6 Å². The molecule has 3 N–H and O–H groups in total. The molecule has 0 aromatic rings. The van der Waals surface area contributed by atoms with E-state index in [0.717, 1.165) is 120 Å². The van der Waals surface area contributed by atoms with Crippen LogP contribution >= 0.6 is 15.6 Å². The molecule has 0 aliphatic rings. The second kappa shape index (κ2) is 72.0.